The Hall–Kier alpha value is -0.980. The third-order valence-corrected chi connectivity index (χ3v) is 3.23. The number of hydrogen-bond acceptors (Lipinski definition) is 3. The molecule has 0 bridgehead atoms. The Bertz CT molecular complexity index is 386. The molecule has 1 N–H and O–H groups in total. The highest BCUT2D eigenvalue weighted by molar-refractivity contribution is 5.85. The van der Waals surface area contributed by atoms with Crippen LogP contribution >= 0.6 is 12.4 Å². The number of hydrogen-bond donors (Lipinski definition) is 1. The molecule has 2 rings (SSSR count). The van der Waals surface area contributed by atoms with Crippen molar-refractivity contribution >= 4 is 12.4 Å². The lowest BCUT2D eigenvalue weighted by atomic mass is 10.1. The molecule has 1 saturated heterocycles. The van der Waals surface area contributed by atoms with Crippen molar-refractivity contribution in [1.82, 2.24) is 10.2 Å². The van der Waals surface area contributed by atoms with Gasteiger partial charge in [0.25, 0.3) is 0 Å². The number of nitrogens with one attached hydrogen (secondary N) is 1. The molecule has 7 heteroatoms. The Morgan fingerprint density at radius 2 is 1.75 bits per heavy atom. The van der Waals surface area contributed by atoms with Crippen molar-refractivity contribution in [1.29, 1.82) is 0 Å². The molecule has 20 heavy (non-hydrogen) atoms. The van der Waals surface area contributed by atoms with E-state index in [1.165, 1.54) is 12.1 Å². The average molecular weight is 311 g/mol. The number of piperazine rings is 1. The molecule has 1 aromatic rings. The smallest absolute Gasteiger partial charge is 0.387 e. The summed E-state index contributed by atoms with van der Waals surface area (Å²) in [6.45, 7) is -0.0921. The van der Waals surface area contributed by atoms with E-state index in [0.29, 0.717) is 0 Å². The normalized spacial score (nSPS) is 17.6. The summed E-state index contributed by atoms with van der Waals surface area (Å²) in [6.07, 6.45) is 0. The van der Waals surface area contributed by atoms with Gasteiger partial charge in [-0.05, 0) is 17.7 Å². The van der Waals surface area contributed by atoms with Crippen molar-refractivity contribution in [3.63, 3.8) is 0 Å². The summed E-state index contributed by atoms with van der Waals surface area (Å²) in [4.78, 5) is 2.06. The Morgan fingerprint density at radius 3 is 2.25 bits per heavy atom. The van der Waals surface area contributed by atoms with Crippen molar-refractivity contribution in [3.8, 4) is 5.75 Å². The Kier molecular flexibility index (Phi) is 7.12. The molecule has 0 amide bonds. The van der Waals surface area contributed by atoms with Crippen molar-refractivity contribution in [2.24, 2.45) is 0 Å². The molecule has 1 aliphatic heterocycles. The van der Waals surface area contributed by atoms with E-state index in [1.54, 1.807) is 12.1 Å². The molecular formula is C13H18ClF3N2O. The van der Waals surface area contributed by atoms with E-state index >= 15 is 0 Å². The van der Waals surface area contributed by atoms with E-state index in [9.17, 15) is 13.2 Å². The monoisotopic (exact) mass is 310 g/mol. The van der Waals surface area contributed by atoms with Gasteiger partial charge in [-0.1, -0.05) is 12.1 Å². The molecule has 1 heterocycles. The zero-order chi connectivity index (χ0) is 13.7. The van der Waals surface area contributed by atoms with Gasteiger partial charge in [0.1, 0.15) is 12.4 Å². The van der Waals surface area contributed by atoms with Gasteiger partial charge in [-0.25, -0.2) is 4.39 Å². The number of alkyl halides is 3. The van der Waals surface area contributed by atoms with Crippen LogP contribution in [0.2, 0.25) is 0 Å². The van der Waals surface area contributed by atoms with Crippen molar-refractivity contribution in [2.75, 3.05) is 32.9 Å². The van der Waals surface area contributed by atoms with Gasteiger partial charge >= 0.3 is 6.61 Å². The third kappa shape index (κ3) is 4.54. The summed E-state index contributed by atoms with van der Waals surface area (Å²) in [5.41, 5.74) is 0.783. The number of benzene rings is 1. The molecular weight excluding hydrogens is 293 g/mol. The minimum Gasteiger partial charge on any atom is -0.435 e. The van der Waals surface area contributed by atoms with Gasteiger partial charge in [0, 0.05) is 26.2 Å². The first-order chi connectivity index (χ1) is 9.20. The molecule has 114 valence electrons. The molecule has 0 spiro atoms. The maximum Gasteiger partial charge on any atom is 0.387 e. The van der Waals surface area contributed by atoms with E-state index in [4.69, 9.17) is 0 Å². The van der Waals surface area contributed by atoms with Gasteiger partial charge in [-0.15, -0.1) is 12.4 Å². The Balaban J connectivity index is 0.00000200. The average Bonchev–Trinajstić information content (AvgIpc) is 2.42. The first-order valence-electron chi connectivity index (χ1n) is 6.26. The molecule has 1 fully saturated rings. The quantitative estimate of drug-likeness (QED) is 0.905. The predicted octanol–water partition coefficient (Wildman–Crippen LogP) is 2.63. The number of ether oxygens (including phenoxy) is 1. The van der Waals surface area contributed by atoms with E-state index in [1.807, 2.05) is 0 Å². The SMILES string of the molecule is Cl.FC[C@H](c1ccc(OC(F)F)cc1)N1CCNCC1. The van der Waals surface area contributed by atoms with Crippen LogP contribution in [0.3, 0.4) is 0 Å². The summed E-state index contributed by atoms with van der Waals surface area (Å²) in [6, 6.07) is 5.87. The fourth-order valence-electron chi connectivity index (χ4n) is 2.26. The topological polar surface area (TPSA) is 24.5 Å². The van der Waals surface area contributed by atoms with Crippen LogP contribution in [-0.4, -0.2) is 44.4 Å². The van der Waals surface area contributed by atoms with Crippen LogP contribution in [0, 0.1) is 0 Å². The van der Waals surface area contributed by atoms with Gasteiger partial charge in [-0.2, -0.15) is 8.78 Å². The minimum atomic E-state index is -2.84. The van der Waals surface area contributed by atoms with Crippen molar-refractivity contribution < 1.29 is 17.9 Å². The Morgan fingerprint density at radius 1 is 1.15 bits per heavy atom. The molecule has 0 aromatic heterocycles. The fraction of sp³-hybridized carbons (Fsp3) is 0.538. The maximum atomic E-state index is 13.2. The van der Waals surface area contributed by atoms with Gasteiger partial charge in [0.15, 0.2) is 0 Å². The molecule has 3 nitrogen and oxygen atoms in total. The summed E-state index contributed by atoms with van der Waals surface area (Å²) < 4.78 is 41.6. The van der Waals surface area contributed by atoms with Crippen LogP contribution in [0.5, 0.6) is 5.75 Å². The largest absolute Gasteiger partial charge is 0.435 e. The summed E-state index contributed by atoms with van der Waals surface area (Å²) >= 11 is 0. The van der Waals surface area contributed by atoms with Crippen LogP contribution < -0.4 is 10.1 Å². The zero-order valence-corrected chi connectivity index (χ0v) is 11.7. The van der Waals surface area contributed by atoms with Gasteiger partial charge < -0.3 is 10.1 Å². The van der Waals surface area contributed by atoms with Crippen LogP contribution in [0.15, 0.2) is 24.3 Å². The number of nitrogens with zero attached hydrogens (tertiary/aromatic N) is 1. The Labute approximate surface area is 122 Å². The lowest BCUT2D eigenvalue weighted by Crippen LogP contribution is -2.45. The zero-order valence-electron chi connectivity index (χ0n) is 10.9. The predicted molar refractivity (Wildman–Crippen MR) is 73.5 cm³/mol. The maximum absolute atomic E-state index is 13.2. The summed E-state index contributed by atoms with van der Waals surface area (Å²) in [7, 11) is 0. The fourth-order valence-corrected chi connectivity index (χ4v) is 2.26. The highest BCUT2D eigenvalue weighted by atomic mass is 35.5. The lowest BCUT2D eigenvalue weighted by molar-refractivity contribution is -0.0498. The second-order valence-electron chi connectivity index (χ2n) is 4.40. The lowest BCUT2D eigenvalue weighted by Gasteiger charge is -2.33. The summed E-state index contributed by atoms with van der Waals surface area (Å²) in [5, 5.41) is 3.21. The van der Waals surface area contributed by atoms with E-state index < -0.39 is 13.3 Å². The first kappa shape index (κ1) is 17.1. The van der Waals surface area contributed by atoms with E-state index in [2.05, 4.69) is 15.0 Å². The molecule has 0 saturated carbocycles. The minimum absolute atomic E-state index is 0. The van der Waals surface area contributed by atoms with Crippen LogP contribution in [0.25, 0.3) is 0 Å². The second-order valence-corrected chi connectivity index (χ2v) is 4.40. The number of rotatable bonds is 5. The van der Waals surface area contributed by atoms with Crippen LogP contribution in [-0.2, 0) is 0 Å². The van der Waals surface area contributed by atoms with Crippen molar-refractivity contribution in [3.05, 3.63) is 29.8 Å². The highest BCUT2D eigenvalue weighted by Gasteiger charge is 2.22. The standard InChI is InChI=1S/C13H17F3N2O.ClH/c14-9-12(18-7-5-17-6-8-18)10-1-3-11(4-2-10)19-13(15)16;/h1-4,12-13,17H,5-9H2;1H/t12-;/m1./s1. The highest BCUT2D eigenvalue weighted by Crippen LogP contribution is 2.24. The van der Waals surface area contributed by atoms with Gasteiger partial charge in [0.05, 0.1) is 6.04 Å². The van der Waals surface area contributed by atoms with Gasteiger partial charge in [-0.3, -0.25) is 4.90 Å². The molecule has 1 aliphatic rings. The third-order valence-electron chi connectivity index (χ3n) is 3.23. The molecule has 0 aliphatic carbocycles. The molecule has 1 atom stereocenters. The van der Waals surface area contributed by atoms with Crippen molar-refractivity contribution in [2.45, 2.75) is 12.7 Å². The molecule has 0 unspecified atom stereocenters. The van der Waals surface area contributed by atoms with E-state index in [0.717, 1.165) is 31.7 Å². The second kappa shape index (κ2) is 8.34. The van der Waals surface area contributed by atoms with E-state index in [-0.39, 0.29) is 24.2 Å². The van der Waals surface area contributed by atoms with Crippen LogP contribution in [0.1, 0.15) is 11.6 Å². The summed E-state index contributed by atoms with van der Waals surface area (Å²) in [5.74, 6) is 0.0941. The molecule has 1 aromatic carbocycles. The van der Waals surface area contributed by atoms with Gasteiger partial charge in [0.2, 0.25) is 0 Å². The van der Waals surface area contributed by atoms with Crippen LogP contribution in [0.4, 0.5) is 13.2 Å². The number of halogens is 4. The molecule has 0 radical (unpaired) electrons. The first-order valence-corrected chi connectivity index (χ1v) is 6.26.